The average Bonchev–Trinajstić information content (AvgIpc) is 2.49. The zero-order valence-electron chi connectivity index (χ0n) is 11.5. The Bertz CT molecular complexity index is 211. The first-order valence-corrected chi connectivity index (χ1v) is 6.82. The largest absolute Gasteiger partial charge is 0.467 e. The predicted molar refractivity (Wildman–Crippen MR) is 67.4 cm³/mol. The van der Waals surface area contributed by atoms with Crippen LogP contribution < -0.4 is 0 Å². The first-order valence-electron chi connectivity index (χ1n) is 6.82. The van der Waals surface area contributed by atoms with E-state index in [0.717, 1.165) is 26.1 Å². The summed E-state index contributed by atoms with van der Waals surface area (Å²) in [5, 5.41) is 7.86. The van der Waals surface area contributed by atoms with Crippen LogP contribution in [0.5, 0.6) is 0 Å². The van der Waals surface area contributed by atoms with Crippen LogP contribution in [0.4, 0.5) is 0 Å². The molecule has 0 bridgehead atoms. The Morgan fingerprint density at radius 3 is 1.89 bits per heavy atom. The Morgan fingerprint density at radius 1 is 1.11 bits per heavy atom. The molecule has 2 rings (SSSR count). The van der Waals surface area contributed by atoms with Crippen LogP contribution in [0.25, 0.3) is 0 Å². The number of rotatable bonds is 3. The molecule has 0 aromatic heterocycles. The van der Waals surface area contributed by atoms with Crippen molar-refractivity contribution in [1.82, 2.24) is 0 Å². The highest BCUT2D eigenvalue weighted by Gasteiger charge is 2.21. The number of methoxy groups -OCH3 is 1. The predicted octanol–water partition coefficient (Wildman–Crippen LogP) is 1.21. The van der Waals surface area contributed by atoms with Gasteiger partial charge < -0.3 is 24.1 Å². The Hall–Kier alpha value is -0.690. The average molecular weight is 276 g/mol. The number of hydrogen-bond donors (Lipinski definition) is 1. The lowest BCUT2D eigenvalue weighted by Crippen LogP contribution is -2.31. The van der Waals surface area contributed by atoms with Gasteiger partial charge in [-0.15, -0.1) is 0 Å². The van der Waals surface area contributed by atoms with Crippen LogP contribution >= 0.6 is 0 Å². The molecule has 2 saturated heterocycles. The second-order valence-corrected chi connectivity index (χ2v) is 4.46. The van der Waals surface area contributed by atoms with Crippen LogP contribution in [0.2, 0.25) is 0 Å². The van der Waals surface area contributed by atoms with Gasteiger partial charge >= 0.3 is 5.97 Å². The zero-order chi connectivity index (χ0) is 13.9. The SMILES string of the molecule is C1CCC(OC2CCCCO2)OC1.COC(=O)CO. The quantitative estimate of drug-likeness (QED) is 0.781. The van der Waals surface area contributed by atoms with Crippen molar-refractivity contribution < 1.29 is 28.8 Å². The van der Waals surface area contributed by atoms with Crippen molar-refractivity contribution in [2.75, 3.05) is 26.9 Å². The molecule has 0 aromatic rings. The minimum atomic E-state index is -0.602. The molecule has 0 saturated carbocycles. The second kappa shape index (κ2) is 10.1. The number of hydrogen-bond acceptors (Lipinski definition) is 6. The molecule has 112 valence electrons. The minimum absolute atomic E-state index is 0.00292. The first kappa shape index (κ1) is 16.4. The fourth-order valence-electron chi connectivity index (χ4n) is 1.87. The lowest BCUT2D eigenvalue weighted by atomic mass is 10.2. The highest BCUT2D eigenvalue weighted by Crippen LogP contribution is 2.20. The monoisotopic (exact) mass is 276 g/mol. The highest BCUT2D eigenvalue weighted by atomic mass is 16.8. The Morgan fingerprint density at radius 2 is 1.63 bits per heavy atom. The Balaban J connectivity index is 0.000000258. The molecule has 0 spiro atoms. The molecule has 19 heavy (non-hydrogen) atoms. The van der Waals surface area contributed by atoms with E-state index in [1.807, 2.05) is 0 Å². The van der Waals surface area contributed by atoms with Gasteiger partial charge in [0.2, 0.25) is 0 Å². The summed E-state index contributed by atoms with van der Waals surface area (Å²) in [6.07, 6.45) is 6.83. The smallest absolute Gasteiger partial charge is 0.331 e. The summed E-state index contributed by atoms with van der Waals surface area (Å²) in [6, 6.07) is 0. The van der Waals surface area contributed by atoms with Crippen molar-refractivity contribution in [3.8, 4) is 0 Å². The van der Waals surface area contributed by atoms with E-state index in [1.165, 1.54) is 32.8 Å². The maximum Gasteiger partial charge on any atom is 0.331 e. The molecule has 2 aliphatic heterocycles. The topological polar surface area (TPSA) is 74.2 Å². The molecule has 0 amide bonds. The van der Waals surface area contributed by atoms with E-state index in [-0.39, 0.29) is 12.6 Å². The van der Waals surface area contributed by atoms with Gasteiger partial charge in [0.25, 0.3) is 0 Å². The fraction of sp³-hybridized carbons (Fsp3) is 0.923. The standard InChI is InChI=1S/C10H18O3.C3H6O3/c1-3-7-11-9(5-1)13-10-6-2-4-8-12-10;1-6-3(5)2-4/h9-10H,1-8H2;4H,2H2,1H3. The number of aliphatic hydroxyl groups excluding tert-OH is 1. The molecule has 6 nitrogen and oxygen atoms in total. The molecule has 1 N–H and O–H groups in total. The second-order valence-electron chi connectivity index (χ2n) is 4.46. The lowest BCUT2D eigenvalue weighted by molar-refractivity contribution is -0.264. The number of ether oxygens (including phenoxy) is 4. The van der Waals surface area contributed by atoms with Gasteiger partial charge in [0.05, 0.1) is 7.11 Å². The van der Waals surface area contributed by atoms with Crippen molar-refractivity contribution >= 4 is 5.97 Å². The first-order chi connectivity index (χ1) is 9.26. The molecule has 2 fully saturated rings. The third-order valence-electron chi connectivity index (χ3n) is 2.94. The van der Waals surface area contributed by atoms with E-state index in [9.17, 15) is 4.79 Å². The molecule has 2 atom stereocenters. The summed E-state index contributed by atoms with van der Waals surface area (Å²) in [4.78, 5) is 9.71. The Kier molecular flexibility index (Phi) is 8.73. The van der Waals surface area contributed by atoms with Crippen LogP contribution in [-0.2, 0) is 23.7 Å². The maximum absolute atomic E-state index is 9.71. The van der Waals surface area contributed by atoms with Crippen molar-refractivity contribution in [2.45, 2.75) is 51.1 Å². The normalized spacial score (nSPS) is 27.1. The number of esters is 1. The molecule has 2 unspecified atom stereocenters. The highest BCUT2D eigenvalue weighted by molar-refractivity contribution is 5.70. The molecular weight excluding hydrogens is 252 g/mol. The third kappa shape index (κ3) is 7.47. The van der Waals surface area contributed by atoms with Crippen LogP contribution in [0, 0.1) is 0 Å². The summed E-state index contributed by atoms with van der Waals surface area (Å²) in [6.45, 7) is 1.16. The van der Waals surface area contributed by atoms with Crippen molar-refractivity contribution in [2.24, 2.45) is 0 Å². The molecule has 0 radical (unpaired) electrons. The summed E-state index contributed by atoms with van der Waals surface area (Å²) >= 11 is 0. The minimum Gasteiger partial charge on any atom is -0.467 e. The molecule has 0 aromatic carbocycles. The van der Waals surface area contributed by atoms with E-state index in [4.69, 9.17) is 19.3 Å². The third-order valence-corrected chi connectivity index (χ3v) is 2.94. The summed E-state index contributed by atoms with van der Waals surface area (Å²) < 4.78 is 20.7. The maximum atomic E-state index is 9.71. The van der Waals surface area contributed by atoms with Gasteiger partial charge in [0.1, 0.15) is 6.61 Å². The van der Waals surface area contributed by atoms with Gasteiger partial charge in [-0.05, 0) is 38.5 Å². The number of carbonyl (C=O) groups excluding carboxylic acids is 1. The van der Waals surface area contributed by atoms with Gasteiger partial charge in [-0.3, -0.25) is 0 Å². The molecular formula is C13H24O6. The van der Waals surface area contributed by atoms with E-state index in [0.29, 0.717) is 0 Å². The summed E-state index contributed by atoms with van der Waals surface area (Å²) in [5.74, 6) is -0.602. The van der Waals surface area contributed by atoms with Gasteiger partial charge in [0.15, 0.2) is 12.6 Å². The van der Waals surface area contributed by atoms with E-state index in [1.54, 1.807) is 0 Å². The van der Waals surface area contributed by atoms with Crippen LogP contribution in [0.15, 0.2) is 0 Å². The van der Waals surface area contributed by atoms with Crippen LogP contribution in [0.1, 0.15) is 38.5 Å². The lowest BCUT2D eigenvalue weighted by Gasteiger charge is -2.29. The van der Waals surface area contributed by atoms with Gasteiger partial charge in [-0.25, -0.2) is 4.79 Å². The number of aliphatic hydroxyl groups is 1. The van der Waals surface area contributed by atoms with Crippen molar-refractivity contribution in [3.05, 3.63) is 0 Å². The van der Waals surface area contributed by atoms with Gasteiger partial charge in [-0.2, -0.15) is 0 Å². The fourth-order valence-corrected chi connectivity index (χ4v) is 1.87. The van der Waals surface area contributed by atoms with Crippen LogP contribution in [-0.4, -0.2) is 50.6 Å². The zero-order valence-corrected chi connectivity index (χ0v) is 11.5. The molecule has 2 aliphatic rings. The molecule has 6 heteroatoms. The molecule has 2 heterocycles. The van der Waals surface area contributed by atoms with Crippen molar-refractivity contribution in [1.29, 1.82) is 0 Å². The molecule has 0 aliphatic carbocycles. The summed E-state index contributed by atoms with van der Waals surface area (Å²) in [7, 11) is 1.22. The van der Waals surface area contributed by atoms with Crippen molar-refractivity contribution in [3.63, 3.8) is 0 Å². The van der Waals surface area contributed by atoms with E-state index in [2.05, 4.69) is 4.74 Å². The summed E-state index contributed by atoms with van der Waals surface area (Å²) in [5.41, 5.74) is 0. The van der Waals surface area contributed by atoms with Crippen LogP contribution in [0.3, 0.4) is 0 Å². The van der Waals surface area contributed by atoms with Gasteiger partial charge in [-0.1, -0.05) is 0 Å². The Labute approximate surface area is 114 Å². The van der Waals surface area contributed by atoms with Gasteiger partial charge in [0, 0.05) is 13.2 Å². The number of carbonyl (C=O) groups is 1. The van der Waals surface area contributed by atoms with E-state index >= 15 is 0 Å². The van der Waals surface area contributed by atoms with E-state index < -0.39 is 12.6 Å².